The monoisotopic (exact) mass is 781 g/mol. The second-order valence-electron chi connectivity index (χ2n) is 16.1. The van der Waals surface area contributed by atoms with Gasteiger partial charge in [-0.3, -0.25) is 14.6 Å². The van der Waals surface area contributed by atoms with Gasteiger partial charge in [0.1, 0.15) is 30.0 Å². The van der Waals surface area contributed by atoms with Gasteiger partial charge >= 0.3 is 6.03 Å². The molecule has 13 nitrogen and oxygen atoms in total. The highest BCUT2D eigenvalue weighted by Crippen LogP contribution is 2.39. The number of carbonyl (C=O) groups is 1. The van der Waals surface area contributed by atoms with Crippen LogP contribution in [0.15, 0.2) is 66.9 Å². The molecule has 1 unspecified atom stereocenters. The number of fused-ring (bicyclic) bond motifs is 2. The van der Waals surface area contributed by atoms with E-state index in [1.165, 1.54) is 6.42 Å². The number of hydrogen-bond acceptors (Lipinski definition) is 9. The van der Waals surface area contributed by atoms with Crippen molar-refractivity contribution in [2.45, 2.75) is 83.4 Å². The summed E-state index contributed by atoms with van der Waals surface area (Å²) in [6.45, 7) is 14.0. The average Bonchev–Trinajstić information content (AvgIpc) is 3.82. The first kappa shape index (κ1) is 38.0. The first-order valence-electron chi connectivity index (χ1n) is 19.9. The smallest absolute Gasteiger partial charge is 0.320 e. The Morgan fingerprint density at radius 1 is 0.964 bits per heavy atom. The molecule has 8 rings (SSSR count). The minimum atomic E-state index is -0.320. The van der Waals surface area contributed by atoms with Gasteiger partial charge in [-0.15, -0.1) is 10.2 Å². The van der Waals surface area contributed by atoms with E-state index in [0.717, 1.165) is 98.5 Å². The van der Waals surface area contributed by atoms with E-state index in [1.54, 1.807) is 10.7 Å². The van der Waals surface area contributed by atoms with Gasteiger partial charge in [0.05, 0.1) is 41.9 Å². The summed E-state index contributed by atoms with van der Waals surface area (Å²) in [5, 5.41) is 20.8. The fourth-order valence-electron chi connectivity index (χ4n) is 7.90. The van der Waals surface area contributed by atoms with Crippen LogP contribution >= 0.6 is 11.6 Å². The third-order valence-electron chi connectivity index (χ3n) is 11.1. The summed E-state index contributed by atoms with van der Waals surface area (Å²) in [6, 6.07) is 19.5. The summed E-state index contributed by atoms with van der Waals surface area (Å²) in [6.07, 6.45) is 6.79. The number of pyridine rings is 1. The predicted molar refractivity (Wildman–Crippen MR) is 218 cm³/mol. The lowest BCUT2D eigenvalue weighted by atomic mass is 9.85. The van der Waals surface area contributed by atoms with Crippen molar-refractivity contribution in [3.63, 3.8) is 0 Å². The van der Waals surface area contributed by atoms with E-state index in [4.69, 9.17) is 30.9 Å². The van der Waals surface area contributed by atoms with Gasteiger partial charge in [0.2, 0.25) is 5.95 Å². The van der Waals surface area contributed by atoms with E-state index in [1.807, 2.05) is 53.1 Å². The molecule has 0 radical (unpaired) electrons. The van der Waals surface area contributed by atoms with E-state index in [2.05, 4.69) is 70.5 Å². The van der Waals surface area contributed by atoms with Gasteiger partial charge in [0.15, 0.2) is 5.65 Å². The zero-order valence-corrected chi connectivity index (χ0v) is 33.5. The zero-order chi connectivity index (χ0) is 38.8. The Bertz CT molecular complexity index is 2160. The van der Waals surface area contributed by atoms with Crippen molar-refractivity contribution in [1.82, 2.24) is 34.6 Å². The van der Waals surface area contributed by atoms with Gasteiger partial charge in [-0.05, 0) is 74.4 Å². The van der Waals surface area contributed by atoms with Crippen LogP contribution in [0.5, 0.6) is 11.5 Å². The van der Waals surface area contributed by atoms with Crippen LogP contribution in [0.3, 0.4) is 0 Å². The normalized spacial score (nSPS) is 20.4. The van der Waals surface area contributed by atoms with Crippen LogP contribution in [0, 0.1) is 0 Å². The molecular formula is C42H52ClN9O4. The maximum atomic E-state index is 13.8. The Morgan fingerprint density at radius 3 is 2.59 bits per heavy atom. The minimum absolute atomic E-state index is 0.176. The molecule has 56 heavy (non-hydrogen) atoms. The number of benzene rings is 2. The van der Waals surface area contributed by atoms with Crippen LogP contribution < -0.4 is 25.0 Å². The highest BCUT2D eigenvalue weighted by molar-refractivity contribution is 6.32. The van der Waals surface area contributed by atoms with E-state index < -0.39 is 0 Å². The first-order valence-corrected chi connectivity index (χ1v) is 20.3. The summed E-state index contributed by atoms with van der Waals surface area (Å²) in [7, 11) is 0. The molecule has 3 aliphatic rings. The molecule has 2 N–H and O–H groups in total. The van der Waals surface area contributed by atoms with Gasteiger partial charge < -0.3 is 24.4 Å². The van der Waals surface area contributed by atoms with E-state index in [-0.39, 0.29) is 23.6 Å². The summed E-state index contributed by atoms with van der Waals surface area (Å²) in [5.41, 5.74) is 4.19. The standard InChI is InChI=1S/C42H52ClN9O4/c1-28-9-7-8-18-50(28)41-47-46-38-17-13-30(27-51(38)41)56-35-16-15-34(31-10-5-6-11-32(31)35)44-40(53)45-39-26-37(42(2,3)4)48-52(39)29-12-14-33(43)36(25-29)55-24-21-49-19-22-54-23-20-49/h5-6,10-14,17,25-28,34-35H,7-9,15-16,18-24H2,1-4H3,(H2,44,45,53)/t28?,34-,35+/m0/s1. The van der Waals surface area contributed by atoms with Crippen molar-refractivity contribution in [3.05, 3.63) is 88.7 Å². The number of morpholine rings is 1. The van der Waals surface area contributed by atoms with Crippen molar-refractivity contribution in [2.24, 2.45) is 0 Å². The molecule has 1 aliphatic carbocycles. The van der Waals surface area contributed by atoms with Crippen molar-refractivity contribution < 1.29 is 19.0 Å². The molecule has 5 heterocycles. The molecule has 3 aromatic heterocycles. The summed E-state index contributed by atoms with van der Waals surface area (Å²) >= 11 is 6.59. The molecule has 2 aromatic carbocycles. The number of nitrogens with one attached hydrogen (secondary N) is 2. The van der Waals surface area contributed by atoms with Crippen molar-refractivity contribution in [1.29, 1.82) is 0 Å². The van der Waals surface area contributed by atoms with Crippen molar-refractivity contribution in [3.8, 4) is 17.2 Å². The number of rotatable bonds is 10. The number of piperidine rings is 1. The molecular weight excluding hydrogens is 730 g/mol. The number of urea groups is 1. The first-order chi connectivity index (χ1) is 27.1. The molecule has 2 saturated heterocycles. The number of halogens is 1. The number of carbonyl (C=O) groups excluding carboxylic acids is 1. The van der Waals surface area contributed by atoms with Gasteiger partial charge in [0, 0.05) is 49.8 Å². The second-order valence-corrected chi connectivity index (χ2v) is 16.5. The number of ether oxygens (including phenoxy) is 3. The SMILES string of the molecule is CC1CCCCN1c1nnc2ccc(O[C@@H]3CC[C@H](NC(=O)Nc4cc(C(C)(C)C)nn4-c4ccc(Cl)c(OCCN5CCOCC5)c4)c4ccccc43)cn12. The molecule has 3 atom stereocenters. The summed E-state index contributed by atoms with van der Waals surface area (Å²) in [4.78, 5) is 18.5. The van der Waals surface area contributed by atoms with E-state index in [0.29, 0.717) is 35.7 Å². The van der Waals surface area contributed by atoms with Crippen molar-refractivity contribution in [2.75, 3.05) is 56.2 Å². The quantitative estimate of drug-likeness (QED) is 0.147. The van der Waals surface area contributed by atoms with Gasteiger partial charge in [0.25, 0.3) is 0 Å². The topological polar surface area (TPSA) is 123 Å². The zero-order valence-electron chi connectivity index (χ0n) is 32.7. The molecule has 0 bridgehead atoms. The summed E-state index contributed by atoms with van der Waals surface area (Å²) in [5.74, 6) is 2.72. The van der Waals surface area contributed by atoms with Crippen LogP contribution in [0.4, 0.5) is 16.6 Å². The Balaban J connectivity index is 0.971. The third kappa shape index (κ3) is 8.30. The maximum absolute atomic E-state index is 13.8. The molecule has 0 spiro atoms. The second kappa shape index (κ2) is 16.3. The molecule has 14 heteroatoms. The van der Waals surface area contributed by atoms with Crippen LogP contribution in [-0.4, -0.2) is 87.4 Å². The Labute approximate surface area is 333 Å². The highest BCUT2D eigenvalue weighted by Gasteiger charge is 2.31. The Morgan fingerprint density at radius 2 is 1.79 bits per heavy atom. The molecule has 2 aliphatic heterocycles. The molecule has 296 valence electrons. The molecule has 0 saturated carbocycles. The van der Waals surface area contributed by atoms with Crippen LogP contribution in [0.1, 0.15) is 88.8 Å². The maximum Gasteiger partial charge on any atom is 0.320 e. The molecule has 5 aromatic rings. The average molecular weight is 782 g/mol. The van der Waals surface area contributed by atoms with Crippen LogP contribution in [0.25, 0.3) is 11.3 Å². The largest absolute Gasteiger partial charge is 0.491 e. The number of amides is 2. The lowest BCUT2D eigenvalue weighted by Crippen LogP contribution is -2.38. The number of nitrogens with zero attached hydrogens (tertiary/aromatic N) is 7. The lowest BCUT2D eigenvalue weighted by molar-refractivity contribution is 0.0322. The third-order valence-corrected chi connectivity index (χ3v) is 11.4. The molecule has 2 fully saturated rings. The predicted octanol–water partition coefficient (Wildman–Crippen LogP) is 7.73. The van der Waals surface area contributed by atoms with Crippen LogP contribution in [-0.2, 0) is 10.2 Å². The van der Waals surface area contributed by atoms with Crippen molar-refractivity contribution >= 4 is 35.0 Å². The number of anilines is 2. The van der Waals surface area contributed by atoms with E-state index in [9.17, 15) is 4.79 Å². The van der Waals surface area contributed by atoms with Gasteiger partial charge in [-0.2, -0.15) is 5.10 Å². The highest BCUT2D eigenvalue weighted by atomic mass is 35.5. The van der Waals surface area contributed by atoms with Crippen LogP contribution in [0.2, 0.25) is 5.02 Å². The number of aromatic nitrogens is 5. The van der Waals surface area contributed by atoms with Gasteiger partial charge in [-0.1, -0.05) is 56.6 Å². The fourth-order valence-corrected chi connectivity index (χ4v) is 8.07. The minimum Gasteiger partial charge on any atom is -0.491 e. The van der Waals surface area contributed by atoms with E-state index >= 15 is 0 Å². The summed E-state index contributed by atoms with van der Waals surface area (Å²) < 4.78 is 22.1. The van der Waals surface area contributed by atoms with Gasteiger partial charge in [-0.25, -0.2) is 9.48 Å². The fraction of sp³-hybridized carbons (Fsp3) is 0.476. The number of hydrogen-bond donors (Lipinski definition) is 2. The Hall–Kier alpha value is -4.85. The lowest BCUT2D eigenvalue weighted by Gasteiger charge is -2.33. The Kier molecular flexibility index (Phi) is 11.1. The molecule has 2 amide bonds.